The topological polar surface area (TPSA) is 55.8 Å². The average molecular weight is 703 g/mol. The fourth-order valence-electron chi connectivity index (χ4n) is 8.91. The molecule has 0 bridgehead atoms. The Bertz CT molecular complexity index is 3030. The van der Waals surface area contributed by atoms with Crippen molar-refractivity contribution in [2.24, 2.45) is 5.92 Å². The Morgan fingerprint density at radius 1 is 0.491 bits per heavy atom. The molecule has 53 heavy (non-hydrogen) atoms. The van der Waals surface area contributed by atoms with Gasteiger partial charge in [-0.05, 0) is 83.6 Å². The molecule has 0 fully saturated rings. The van der Waals surface area contributed by atoms with Crippen molar-refractivity contribution in [3.8, 4) is 33.8 Å². The van der Waals surface area contributed by atoms with Gasteiger partial charge in [-0.25, -0.2) is 4.57 Å². The largest absolute Gasteiger partial charge is 0.584 e. The summed E-state index contributed by atoms with van der Waals surface area (Å²) in [6.07, 6.45) is 11.0. The second-order valence-corrected chi connectivity index (χ2v) is 15.4. The lowest BCUT2D eigenvalue weighted by atomic mass is 9.72. The maximum absolute atomic E-state index is 14.5. The molecule has 0 aromatic heterocycles. The third-order valence-corrected chi connectivity index (χ3v) is 12.0. The zero-order chi connectivity index (χ0) is 35.3. The van der Waals surface area contributed by atoms with Gasteiger partial charge < -0.3 is 9.05 Å². The second kappa shape index (κ2) is 11.4. The lowest BCUT2D eigenvalue weighted by Gasteiger charge is -2.31. The van der Waals surface area contributed by atoms with E-state index in [2.05, 4.69) is 134 Å². The Morgan fingerprint density at radius 3 is 1.72 bits per heavy atom. The van der Waals surface area contributed by atoms with E-state index in [4.69, 9.17) is 9.05 Å². The van der Waals surface area contributed by atoms with E-state index in [1.54, 1.807) is 0 Å². The van der Waals surface area contributed by atoms with Crippen LogP contribution in [-0.2, 0) is 4.57 Å². The molecule has 1 aliphatic heterocycles. The van der Waals surface area contributed by atoms with Crippen LogP contribution in [0.1, 0.15) is 22.6 Å². The Balaban J connectivity index is 1.30. The van der Waals surface area contributed by atoms with Gasteiger partial charge in [0.2, 0.25) is 0 Å². The van der Waals surface area contributed by atoms with E-state index in [9.17, 15) is 9.46 Å². The molecule has 3 aliphatic rings. The lowest BCUT2D eigenvalue weighted by molar-refractivity contribution is 0.295. The molecule has 0 saturated carbocycles. The van der Waals surface area contributed by atoms with Gasteiger partial charge in [0.1, 0.15) is 11.5 Å². The fourth-order valence-corrected chi connectivity index (χ4v) is 9.79. The molecule has 4 nitrogen and oxygen atoms in total. The van der Waals surface area contributed by atoms with Gasteiger partial charge >= 0.3 is 7.82 Å². The summed E-state index contributed by atoms with van der Waals surface area (Å²) in [5.74, 6) is 0.996. The number of hydrogen-bond donors (Lipinski definition) is 1. The van der Waals surface area contributed by atoms with Gasteiger partial charge in [0.15, 0.2) is 0 Å². The van der Waals surface area contributed by atoms with Crippen LogP contribution in [0.15, 0.2) is 170 Å². The predicted molar refractivity (Wildman–Crippen MR) is 216 cm³/mol. The van der Waals surface area contributed by atoms with Crippen LogP contribution in [0.3, 0.4) is 0 Å². The molecule has 1 N–H and O–H groups in total. The van der Waals surface area contributed by atoms with E-state index in [0.29, 0.717) is 11.5 Å². The van der Waals surface area contributed by atoms with Crippen LogP contribution in [0.5, 0.6) is 11.5 Å². The van der Waals surface area contributed by atoms with Gasteiger partial charge in [0.05, 0.1) is 0 Å². The number of hydrogen-bond acceptors (Lipinski definition) is 3. The van der Waals surface area contributed by atoms with Crippen LogP contribution in [-0.4, -0.2) is 4.89 Å². The van der Waals surface area contributed by atoms with Crippen LogP contribution in [0.25, 0.3) is 70.9 Å². The number of rotatable bonds is 2. The van der Waals surface area contributed by atoms with Gasteiger partial charge in [-0.1, -0.05) is 152 Å². The van der Waals surface area contributed by atoms with Crippen LogP contribution in [0.4, 0.5) is 0 Å². The molecule has 2 aliphatic carbocycles. The van der Waals surface area contributed by atoms with Crippen molar-refractivity contribution in [2.45, 2.75) is 5.92 Å². The van der Waals surface area contributed by atoms with Gasteiger partial charge in [0.25, 0.3) is 0 Å². The van der Waals surface area contributed by atoms with E-state index >= 15 is 0 Å². The molecular formula is C48H31O4P. The van der Waals surface area contributed by atoms with Gasteiger partial charge in [-0.15, -0.1) is 0 Å². The summed E-state index contributed by atoms with van der Waals surface area (Å²) in [6.45, 7) is 0. The van der Waals surface area contributed by atoms with Crippen LogP contribution >= 0.6 is 7.82 Å². The molecule has 0 saturated heterocycles. The van der Waals surface area contributed by atoms with E-state index in [0.717, 1.165) is 82.0 Å². The zero-order valence-electron chi connectivity index (χ0n) is 28.4. The minimum absolute atomic E-state index is 0.121. The lowest BCUT2D eigenvalue weighted by Crippen LogP contribution is -2.16. The molecule has 3 atom stereocenters. The fraction of sp³-hybridized carbons (Fsp3) is 0.0417. The molecule has 8 aromatic rings. The van der Waals surface area contributed by atoms with Crippen LogP contribution < -0.4 is 9.05 Å². The third kappa shape index (κ3) is 4.63. The summed E-state index contributed by atoms with van der Waals surface area (Å²) in [5, 5.41) is 8.13. The van der Waals surface area contributed by atoms with Crippen molar-refractivity contribution in [1.29, 1.82) is 0 Å². The van der Waals surface area contributed by atoms with E-state index in [1.165, 1.54) is 5.56 Å². The first-order chi connectivity index (χ1) is 26.0. The van der Waals surface area contributed by atoms with Crippen molar-refractivity contribution in [1.82, 2.24) is 0 Å². The molecule has 11 rings (SSSR count). The van der Waals surface area contributed by atoms with Crippen LogP contribution in [0, 0.1) is 5.92 Å². The summed E-state index contributed by atoms with van der Waals surface area (Å²) in [4.78, 5) is 11.8. The highest BCUT2D eigenvalue weighted by Crippen LogP contribution is 2.62. The smallest absolute Gasteiger partial charge is 0.394 e. The molecular weight excluding hydrogens is 671 g/mol. The first kappa shape index (κ1) is 30.4. The number of benzene rings is 8. The summed E-state index contributed by atoms with van der Waals surface area (Å²) in [5.41, 5.74) is 7.13. The van der Waals surface area contributed by atoms with Gasteiger partial charge in [0, 0.05) is 34.1 Å². The maximum atomic E-state index is 14.5. The zero-order valence-corrected chi connectivity index (χ0v) is 29.3. The predicted octanol–water partition coefficient (Wildman–Crippen LogP) is 12.8. The molecule has 0 amide bonds. The molecule has 0 spiro atoms. The van der Waals surface area contributed by atoms with Crippen molar-refractivity contribution < 1.29 is 18.5 Å². The minimum atomic E-state index is -4.75. The Kier molecular flexibility index (Phi) is 6.55. The third-order valence-electron chi connectivity index (χ3n) is 11.2. The molecule has 252 valence electrons. The number of phosphoric ester groups is 1. The average Bonchev–Trinajstić information content (AvgIpc) is 3.33. The molecule has 8 aromatic carbocycles. The summed E-state index contributed by atoms with van der Waals surface area (Å²) in [7, 11) is -4.75. The van der Waals surface area contributed by atoms with Crippen molar-refractivity contribution >= 4 is 56.5 Å². The second-order valence-electron chi connectivity index (χ2n) is 14.1. The molecule has 0 radical (unpaired) electrons. The highest BCUT2D eigenvalue weighted by Gasteiger charge is 2.39. The van der Waals surface area contributed by atoms with Crippen molar-refractivity contribution in [2.75, 3.05) is 0 Å². The molecule has 1 heterocycles. The molecule has 5 heteroatoms. The Labute approximate surface area is 306 Å². The van der Waals surface area contributed by atoms with E-state index < -0.39 is 7.82 Å². The number of allylic oxidation sites excluding steroid dienone is 5. The normalized spacial score (nSPS) is 19.8. The SMILES string of the molecule is O=P1(O)Oc2c(C3=CC4C=CC=CC4c4ccccc43)cc3ccccc3c2-c2c(c(-c3cc4ccccc4c4ccccc34)cc3ccccc23)O1. The first-order valence-corrected chi connectivity index (χ1v) is 19.4. The Hall–Kier alpha value is -6.19. The van der Waals surface area contributed by atoms with E-state index in [1.807, 2.05) is 36.4 Å². The summed E-state index contributed by atoms with van der Waals surface area (Å²) >= 11 is 0. The Morgan fingerprint density at radius 2 is 1.00 bits per heavy atom. The van der Waals surface area contributed by atoms with E-state index in [-0.39, 0.29) is 11.8 Å². The van der Waals surface area contributed by atoms with Crippen LogP contribution in [0.2, 0.25) is 0 Å². The summed E-state index contributed by atoms with van der Waals surface area (Å²) in [6, 6.07) is 47.9. The highest BCUT2D eigenvalue weighted by molar-refractivity contribution is 7.48. The number of fused-ring (bicyclic) bond motifs is 13. The standard InChI is InChI=1S/C48H31O4P/c49-53(50)51-47-43(41-25-29-13-1-5-17-33(29)37-21-9-11-23-39(37)41)27-31-15-3-7-19-35(31)45(47)46-36-20-8-4-16-32(36)28-44(48(46)52-53)42-26-30-14-2-6-18-34(30)38-22-10-12-24-40(38)42/h1-29,33H,(H,49,50). The van der Waals surface area contributed by atoms with Gasteiger partial charge in [-0.2, -0.15) is 0 Å². The minimum Gasteiger partial charge on any atom is -0.394 e. The van der Waals surface area contributed by atoms with Crippen molar-refractivity contribution in [3.63, 3.8) is 0 Å². The van der Waals surface area contributed by atoms with Gasteiger partial charge in [-0.3, -0.25) is 4.89 Å². The first-order valence-electron chi connectivity index (χ1n) is 17.9. The highest BCUT2D eigenvalue weighted by atomic mass is 31.2. The quantitative estimate of drug-likeness (QED) is 0.144. The van der Waals surface area contributed by atoms with Crippen molar-refractivity contribution in [3.05, 3.63) is 187 Å². The summed E-state index contributed by atoms with van der Waals surface area (Å²) < 4.78 is 27.3. The number of phosphoric acid groups is 1. The maximum Gasteiger partial charge on any atom is 0.584 e. The molecule has 3 unspecified atom stereocenters. The monoisotopic (exact) mass is 702 g/mol.